The van der Waals surface area contributed by atoms with Crippen LogP contribution in [0.15, 0.2) is 84.9 Å². The fourth-order valence-corrected chi connectivity index (χ4v) is 10.8. The average molecular weight is 711 g/mol. The van der Waals surface area contributed by atoms with Gasteiger partial charge in [-0.2, -0.15) is 0 Å². The van der Waals surface area contributed by atoms with Crippen LogP contribution in [0.4, 0.5) is 0 Å². The van der Waals surface area contributed by atoms with Crippen LogP contribution < -0.4 is 0 Å². The molecule has 8 heteroatoms. The topological polar surface area (TPSA) is 52.6 Å². The maximum atomic E-state index is 13.0. The predicted molar refractivity (Wildman–Crippen MR) is 205 cm³/mol. The Morgan fingerprint density at radius 2 is 0.917 bits per heavy atom. The Morgan fingerprint density at radius 1 is 0.542 bits per heavy atom. The summed E-state index contributed by atoms with van der Waals surface area (Å²) in [4.78, 5) is 28.2. The predicted octanol–water partition coefficient (Wildman–Crippen LogP) is 12.3. The summed E-state index contributed by atoms with van der Waals surface area (Å²) in [6.07, 6.45) is 0.588. The molecule has 7 aromatic rings. The van der Waals surface area contributed by atoms with E-state index >= 15 is 0 Å². The lowest BCUT2D eigenvalue weighted by Crippen LogP contribution is -2.25. The van der Waals surface area contributed by atoms with Crippen molar-refractivity contribution in [1.82, 2.24) is 0 Å². The summed E-state index contributed by atoms with van der Waals surface area (Å²) in [5, 5.41) is 2.49. The standard InChI is InChI=1S/C40H38O4S4/c1-39(2,3)37(41)43-27(17-23-13-9-7-10-14-23)31-21-33-35(47-31)25-19-30-26(20-29(25)45-33)36-34(46-30)22-32(48-36)28(44-38(42)40(4,5)6)18-24-15-11-8-12-16-24/h7-16,19-22,27-28H,17-18H2,1-6H3. The van der Waals surface area contributed by atoms with Gasteiger partial charge in [0.2, 0.25) is 0 Å². The SMILES string of the molecule is CC(C)(C)C(=O)OC(Cc1ccccc1)c1cc2sc3cc4c(cc3c2s1)sc1cc(C(Cc2ccccc2)OC(=O)C(C)(C)C)sc14. The summed E-state index contributed by atoms with van der Waals surface area (Å²) in [5.74, 6) is -0.382. The normalized spacial score (nSPS) is 13.8. The van der Waals surface area contributed by atoms with E-state index in [-0.39, 0.29) is 24.1 Å². The first kappa shape index (κ1) is 33.0. The Kier molecular flexibility index (Phi) is 8.73. The van der Waals surface area contributed by atoms with E-state index in [1.165, 1.54) is 39.0 Å². The number of thiophene rings is 4. The van der Waals surface area contributed by atoms with Crippen molar-refractivity contribution in [1.29, 1.82) is 0 Å². The number of fused-ring (bicyclic) bond motifs is 6. The summed E-state index contributed by atoms with van der Waals surface area (Å²) in [6.45, 7) is 11.4. The monoisotopic (exact) mass is 710 g/mol. The van der Waals surface area contributed by atoms with Gasteiger partial charge < -0.3 is 9.47 Å². The minimum atomic E-state index is -0.580. The molecule has 0 aliphatic carbocycles. The van der Waals surface area contributed by atoms with E-state index < -0.39 is 10.8 Å². The smallest absolute Gasteiger partial charge is 0.311 e. The molecule has 0 fully saturated rings. The summed E-state index contributed by atoms with van der Waals surface area (Å²) in [7, 11) is 0. The van der Waals surface area contributed by atoms with Gasteiger partial charge in [0.15, 0.2) is 0 Å². The van der Waals surface area contributed by atoms with Gasteiger partial charge in [0.05, 0.1) is 20.2 Å². The van der Waals surface area contributed by atoms with E-state index in [1.54, 1.807) is 45.3 Å². The third kappa shape index (κ3) is 6.68. The molecule has 4 aromatic heterocycles. The highest BCUT2D eigenvalue weighted by molar-refractivity contribution is 7.34. The molecule has 0 aliphatic rings. The molecule has 0 radical (unpaired) electrons. The van der Waals surface area contributed by atoms with Crippen LogP contribution in [-0.2, 0) is 31.9 Å². The summed E-state index contributed by atoms with van der Waals surface area (Å²) in [6, 6.07) is 29.6. The second kappa shape index (κ2) is 12.7. The summed E-state index contributed by atoms with van der Waals surface area (Å²) >= 11 is 7.06. The summed E-state index contributed by atoms with van der Waals surface area (Å²) in [5.41, 5.74) is 1.13. The van der Waals surface area contributed by atoms with E-state index in [9.17, 15) is 9.59 Å². The van der Waals surface area contributed by atoms with Crippen LogP contribution in [0.3, 0.4) is 0 Å². The van der Waals surface area contributed by atoms with Gasteiger partial charge in [-0.1, -0.05) is 60.7 Å². The van der Waals surface area contributed by atoms with Crippen molar-refractivity contribution in [3.05, 3.63) is 106 Å². The Hall–Kier alpha value is -3.56. The molecule has 2 unspecified atom stereocenters. The number of rotatable bonds is 8. The lowest BCUT2D eigenvalue weighted by Gasteiger charge is -2.23. The van der Waals surface area contributed by atoms with Gasteiger partial charge in [0, 0.05) is 52.2 Å². The lowest BCUT2D eigenvalue weighted by atomic mass is 9.97. The first-order valence-corrected chi connectivity index (χ1v) is 19.4. The summed E-state index contributed by atoms with van der Waals surface area (Å²) < 4.78 is 19.8. The molecule has 0 N–H and O–H groups in total. The van der Waals surface area contributed by atoms with Gasteiger partial charge in [-0.25, -0.2) is 0 Å². The highest BCUT2D eigenvalue weighted by Crippen LogP contribution is 2.48. The van der Waals surface area contributed by atoms with Gasteiger partial charge in [-0.3, -0.25) is 9.59 Å². The van der Waals surface area contributed by atoms with Crippen LogP contribution in [0.5, 0.6) is 0 Å². The number of hydrogen-bond donors (Lipinski definition) is 0. The van der Waals surface area contributed by atoms with Crippen LogP contribution in [0.2, 0.25) is 0 Å². The van der Waals surface area contributed by atoms with E-state index in [4.69, 9.17) is 9.47 Å². The molecular weight excluding hydrogens is 673 g/mol. The maximum Gasteiger partial charge on any atom is 0.311 e. The number of ether oxygens (including phenoxy) is 2. The van der Waals surface area contributed by atoms with Gasteiger partial charge in [-0.15, -0.1) is 45.3 Å². The molecular formula is C40H38O4S4. The molecule has 2 atom stereocenters. The molecule has 0 aliphatic heterocycles. The van der Waals surface area contributed by atoms with Gasteiger partial charge in [0.1, 0.15) is 12.2 Å². The molecule has 48 heavy (non-hydrogen) atoms. The van der Waals surface area contributed by atoms with Crippen molar-refractivity contribution < 1.29 is 19.1 Å². The quantitative estimate of drug-likeness (QED) is 0.147. The van der Waals surface area contributed by atoms with E-state index in [0.717, 1.165) is 20.9 Å². The number of hydrogen-bond acceptors (Lipinski definition) is 8. The van der Waals surface area contributed by atoms with Crippen LogP contribution in [0.25, 0.3) is 39.0 Å². The zero-order valence-electron chi connectivity index (χ0n) is 27.9. The molecule has 0 saturated heterocycles. The van der Waals surface area contributed by atoms with Crippen LogP contribution in [0.1, 0.15) is 74.6 Å². The van der Waals surface area contributed by atoms with E-state index in [0.29, 0.717) is 12.8 Å². The van der Waals surface area contributed by atoms with Crippen molar-refractivity contribution in [2.45, 2.75) is 66.6 Å². The molecule has 0 amide bonds. The maximum absolute atomic E-state index is 13.0. The van der Waals surface area contributed by atoms with Crippen molar-refractivity contribution in [3.63, 3.8) is 0 Å². The molecule has 246 valence electrons. The number of carbonyl (C=O) groups is 2. The van der Waals surface area contributed by atoms with Gasteiger partial charge >= 0.3 is 11.9 Å². The van der Waals surface area contributed by atoms with E-state index in [1.807, 2.05) is 77.9 Å². The van der Waals surface area contributed by atoms with Gasteiger partial charge in [0.25, 0.3) is 0 Å². The number of benzene rings is 3. The lowest BCUT2D eigenvalue weighted by molar-refractivity contribution is -0.159. The fourth-order valence-electron chi connectivity index (χ4n) is 5.62. The minimum absolute atomic E-state index is 0.191. The largest absolute Gasteiger partial charge is 0.456 e. The average Bonchev–Trinajstić information content (AvgIpc) is 3.79. The van der Waals surface area contributed by atoms with Crippen molar-refractivity contribution in [3.8, 4) is 0 Å². The molecule has 4 nitrogen and oxygen atoms in total. The zero-order valence-corrected chi connectivity index (χ0v) is 31.2. The minimum Gasteiger partial charge on any atom is -0.456 e. The van der Waals surface area contributed by atoms with Crippen molar-refractivity contribution in [2.75, 3.05) is 0 Å². The number of esters is 2. The molecule has 7 rings (SSSR count). The van der Waals surface area contributed by atoms with Crippen LogP contribution in [-0.4, -0.2) is 11.9 Å². The van der Waals surface area contributed by atoms with Crippen molar-refractivity contribution in [2.24, 2.45) is 10.8 Å². The Morgan fingerprint density at radius 3 is 1.27 bits per heavy atom. The first-order chi connectivity index (χ1) is 22.8. The Balaban J connectivity index is 1.24. The Labute approximate surface area is 296 Å². The van der Waals surface area contributed by atoms with E-state index in [2.05, 4.69) is 48.5 Å². The molecule has 0 bridgehead atoms. The third-order valence-electron chi connectivity index (χ3n) is 8.33. The fraction of sp³-hybridized carbons (Fsp3) is 0.300. The highest BCUT2D eigenvalue weighted by Gasteiger charge is 2.30. The zero-order chi connectivity index (χ0) is 33.8. The Bertz CT molecular complexity index is 2090. The second-order valence-electron chi connectivity index (χ2n) is 14.4. The highest BCUT2D eigenvalue weighted by atomic mass is 32.1. The molecule has 4 heterocycles. The van der Waals surface area contributed by atoms with Gasteiger partial charge in [-0.05, 0) is 76.9 Å². The van der Waals surface area contributed by atoms with Crippen molar-refractivity contribution >= 4 is 96.3 Å². The molecule has 3 aromatic carbocycles. The number of carbonyl (C=O) groups excluding carboxylic acids is 2. The molecule has 0 saturated carbocycles. The second-order valence-corrected chi connectivity index (χ2v) is 18.7. The van der Waals surface area contributed by atoms with Crippen LogP contribution in [0, 0.1) is 10.8 Å². The molecule has 0 spiro atoms. The first-order valence-electron chi connectivity index (χ1n) is 16.2. The van der Waals surface area contributed by atoms with Crippen LogP contribution >= 0.6 is 45.3 Å². The third-order valence-corrected chi connectivity index (χ3v) is 13.3.